The number of pyridine rings is 1. The zero-order valence-corrected chi connectivity index (χ0v) is 12.4. The van der Waals surface area contributed by atoms with Gasteiger partial charge in [-0.1, -0.05) is 60.7 Å². The van der Waals surface area contributed by atoms with E-state index in [0.717, 1.165) is 0 Å². The number of fused-ring (bicyclic) bond motifs is 3. The van der Waals surface area contributed by atoms with E-state index in [1.165, 1.54) is 44.0 Å². The number of hydrogen-bond acceptors (Lipinski definition) is 0. The summed E-state index contributed by atoms with van der Waals surface area (Å²) in [6.45, 7) is 2.24. The van der Waals surface area contributed by atoms with Gasteiger partial charge in [-0.25, -0.2) is 0 Å². The molecule has 0 atom stereocenters. The van der Waals surface area contributed by atoms with Gasteiger partial charge in [-0.15, -0.1) is 0 Å². The second-order valence-corrected chi connectivity index (χ2v) is 5.89. The summed E-state index contributed by atoms with van der Waals surface area (Å²) in [4.78, 5) is 0. The van der Waals surface area contributed by atoms with E-state index < -0.39 is 0 Å². The lowest BCUT2D eigenvalue weighted by Gasteiger charge is -2.02. The molecule has 0 aliphatic carbocycles. The molecule has 3 heterocycles. The van der Waals surface area contributed by atoms with Gasteiger partial charge in [0.1, 0.15) is 0 Å². The number of rotatable bonds is 1. The Balaban J connectivity index is 2.12. The van der Waals surface area contributed by atoms with Gasteiger partial charge in [0.05, 0.1) is 11.0 Å². The van der Waals surface area contributed by atoms with Crippen molar-refractivity contribution in [2.24, 2.45) is 0 Å². The van der Waals surface area contributed by atoms with Crippen LogP contribution in [0.3, 0.4) is 0 Å². The molecule has 0 amide bonds. The van der Waals surface area contributed by atoms with Crippen LogP contribution < -0.4 is 0 Å². The molecule has 0 spiro atoms. The number of aromatic nitrogens is 1. The van der Waals surface area contributed by atoms with Crippen LogP contribution in [0.2, 0.25) is 0 Å². The lowest BCUT2D eigenvalue weighted by atomic mass is 10.0. The van der Waals surface area contributed by atoms with Crippen molar-refractivity contribution in [2.75, 3.05) is 0 Å². The number of aryl methyl sites for hydroxylation is 1. The summed E-state index contributed by atoms with van der Waals surface area (Å²) in [7, 11) is 0. The van der Waals surface area contributed by atoms with E-state index in [2.05, 4.69) is 84.1 Å². The third-order valence-electron chi connectivity index (χ3n) is 4.73. The van der Waals surface area contributed by atoms with E-state index in [1.54, 1.807) is 0 Å². The third kappa shape index (κ3) is 1.33. The van der Waals surface area contributed by atoms with E-state index in [0.29, 0.717) is 0 Å². The Hall–Kier alpha value is -2.80. The van der Waals surface area contributed by atoms with E-state index in [1.807, 2.05) is 0 Å². The van der Waals surface area contributed by atoms with Crippen molar-refractivity contribution >= 4 is 27.3 Å². The van der Waals surface area contributed by atoms with Crippen molar-refractivity contribution in [3.8, 4) is 11.1 Å². The largest absolute Gasteiger partial charge is 0.308 e. The maximum absolute atomic E-state index is 2.42. The summed E-state index contributed by atoms with van der Waals surface area (Å²) in [5.74, 6) is 0. The van der Waals surface area contributed by atoms with Gasteiger partial charge < -0.3 is 4.40 Å². The maximum atomic E-state index is 2.42. The van der Waals surface area contributed by atoms with Crippen LogP contribution in [0.15, 0.2) is 72.8 Å². The molecular weight excluding hydrogens is 266 g/mol. The van der Waals surface area contributed by atoms with E-state index >= 15 is 0 Å². The molecule has 5 rings (SSSR count). The predicted octanol–water partition coefficient (Wildman–Crippen LogP) is 5.66. The second kappa shape index (κ2) is 4.11. The molecule has 1 nitrogen and oxygen atoms in total. The average Bonchev–Trinajstić information content (AvgIpc) is 3.06. The van der Waals surface area contributed by atoms with Gasteiger partial charge in [0.25, 0.3) is 0 Å². The van der Waals surface area contributed by atoms with E-state index in [-0.39, 0.29) is 0 Å². The summed E-state index contributed by atoms with van der Waals surface area (Å²) in [5, 5.41) is 2.67. The van der Waals surface area contributed by atoms with Crippen molar-refractivity contribution in [2.45, 2.75) is 6.92 Å². The Morgan fingerprint density at radius 1 is 0.636 bits per heavy atom. The standard InChI is InChI=1S/C21H15N/c1-14-18-12-7-13-19-16-10-5-6-11-17(16)21(22(18)19)20(14)15-8-3-2-4-9-15/h2-13H,1H3. The average molecular weight is 281 g/mol. The lowest BCUT2D eigenvalue weighted by molar-refractivity contribution is 1.34. The smallest absolute Gasteiger partial charge is 0.0623 e. The fraction of sp³-hybridized carbons (Fsp3) is 0.0476. The van der Waals surface area contributed by atoms with Crippen molar-refractivity contribution in [3.63, 3.8) is 0 Å². The third-order valence-corrected chi connectivity index (χ3v) is 4.73. The van der Waals surface area contributed by atoms with Gasteiger partial charge in [0, 0.05) is 21.9 Å². The molecule has 0 aliphatic rings. The first-order valence-electron chi connectivity index (χ1n) is 7.65. The highest BCUT2D eigenvalue weighted by molar-refractivity contribution is 6.16. The Bertz CT molecular complexity index is 1120. The molecule has 0 bridgehead atoms. The molecular formula is C21H15N. The summed E-state index contributed by atoms with van der Waals surface area (Å²) in [6, 6.07) is 26.1. The van der Waals surface area contributed by atoms with Crippen LogP contribution >= 0.6 is 0 Å². The normalized spacial score (nSPS) is 11.9. The van der Waals surface area contributed by atoms with Gasteiger partial charge >= 0.3 is 0 Å². The molecule has 0 radical (unpaired) electrons. The van der Waals surface area contributed by atoms with Gasteiger partial charge in [-0.05, 0) is 30.2 Å². The molecule has 1 heteroatoms. The van der Waals surface area contributed by atoms with Crippen LogP contribution in [-0.4, -0.2) is 4.40 Å². The van der Waals surface area contributed by atoms with Crippen LogP contribution in [0, 0.1) is 6.92 Å². The fourth-order valence-electron chi connectivity index (χ4n) is 3.80. The van der Waals surface area contributed by atoms with Crippen molar-refractivity contribution in [1.82, 2.24) is 4.40 Å². The Kier molecular flexibility index (Phi) is 2.21. The lowest BCUT2D eigenvalue weighted by Crippen LogP contribution is -1.81. The number of benzene rings is 2. The first-order chi connectivity index (χ1) is 10.9. The second-order valence-electron chi connectivity index (χ2n) is 5.89. The molecule has 5 aromatic rings. The molecule has 0 saturated carbocycles. The van der Waals surface area contributed by atoms with Gasteiger partial charge in [-0.3, -0.25) is 0 Å². The summed E-state index contributed by atoms with van der Waals surface area (Å²) >= 11 is 0. The van der Waals surface area contributed by atoms with Crippen LogP contribution in [0.25, 0.3) is 38.4 Å². The Morgan fingerprint density at radius 3 is 2.14 bits per heavy atom. The molecule has 104 valence electrons. The van der Waals surface area contributed by atoms with Gasteiger partial charge in [0.2, 0.25) is 0 Å². The van der Waals surface area contributed by atoms with Gasteiger partial charge in [-0.2, -0.15) is 0 Å². The molecule has 0 aliphatic heterocycles. The zero-order valence-electron chi connectivity index (χ0n) is 12.4. The molecule has 0 N–H and O–H groups in total. The van der Waals surface area contributed by atoms with Crippen LogP contribution in [0.1, 0.15) is 5.56 Å². The highest BCUT2D eigenvalue weighted by Gasteiger charge is 2.19. The highest BCUT2D eigenvalue weighted by atomic mass is 14.9. The van der Waals surface area contributed by atoms with Crippen molar-refractivity contribution in [1.29, 1.82) is 0 Å². The number of nitrogens with zero attached hydrogens (tertiary/aromatic N) is 1. The van der Waals surface area contributed by atoms with E-state index in [9.17, 15) is 0 Å². The van der Waals surface area contributed by atoms with Crippen LogP contribution in [-0.2, 0) is 0 Å². The maximum Gasteiger partial charge on any atom is 0.0623 e. The summed E-state index contributed by atoms with van der Waals surface area (Å²) in [6.07, 6.45) is 0. The minimum Gasteiger partial charge on any atom is -0.308 e. The minimum absolute atomic E-state index is 1.29. The first kappa shape index (κ1) is 11.8. The fourth-order valence-corrected chi connectivity index (χ4v) is 3.80. The van der Waals surface area contributed by atoms with Crippen molar-refractivity contribution < 1.29 is 0 Å². The predicted molar refractivity (Wildman–Crippen MR) is 93.8 cm³/mol. The zero-order chi connectivity index (χ0) is 14.7. The molecule has 3 aromatic heterocycles. The molecule has 0 fully saturated rings. The molecule has 0 saturated heterocycles. The monoisotopic (exact) mass is 281 g/mol. The first-order valence-corrected chi connectivity index (χ1v) is 7.65. The SMILES string of the molecule is Cc1c(-c2ccccc2)c2c3ccccc3c3cccc1n32. The topological polar surface area (TPSA) is 4.41 Å². The van der Waals surface area contributed by atoms with Crippen molar-refractivity contribution in [3.05, 3.63) is 78.4 Å². The summed E-state index contributed by atoms with van der Waals surface area (Å²) < 4.78 is 2.42. The molecule has 22 heavy (non-hydrogen) atoms. The van der Waals surface area contributed by atoms with Gasteiger partial charge in [0.15, 0.2) is 0 Å². The summed E-state index contributed by atoms with van der Waals surface area (Å²) in [5.41, 5.74) is 7.96. The Labute approximate surface area is 128 Å². The Morgan fingerprint density at radius 2 is 1.32 bits per heavy atom. The van der Waals surface area contributed by atoms with Crippen LogP contribution in [0.4, 0.5) is 0 Å². The highest BCUT2D eigenvalue weighted by Crippen LogP contribution is 2.41. The van der Waals surface area contributed by atoms with Crippen LogP contribution in [0.5, 0.6) is 0 Å². The number of hydrogen-bond donors (Lipinski definition) is 0. The quantitative estimate of drug-likeness (QED) is 0.373. The van der Waals surface area contributed by atoms with E-state index in [4.69, 9.17) is 0 Å². The molecule has 2 aromatic carbocycles. The molecule has 0 unspecified atom stereocenters. The minimum atomic E-state index is 1.29.